The van der Waals surface area contributed by atoms with Crippen LogP contribution in [-0.4, -0.2) is 23.1 Å². The Morgan fingerprint density at radius 2 is 1.65 bits per heavy atom. The lowest BCUT2D eigenvalue weighted by Crippen LogP contribution is -2.28. The quantitative estimate of drug-likeness (QED) is 0.766. The molecule has 120 valence electrons. The largest absolute Gasteiger partial charge is 0.340 e. The molecule has 8 heteroatoms. The zero-order valence-electron chi connectivity index (χ0n) is 11.8. The maximum Gasteiger partial charge on any atom is 0.340 e. The minimum Gasteiger partial charge on any atom is -0.305 e. The van der Waals surface area contributed by atoms with E-state index in [1.165, 1.54) is 6.07 Å². The fraction of sp³-hybridized carbons (Fsp3) is 0.133. The second kappa shape index (κ2) is 6.03. The van der Waals surface area contributed by atoms with Gasteiger partial charge in [0.25, 0.3) is 0 Å². The molecule has 0 aliphatic carbocycles. The van der Waals surface area contributed by atoms with Gasteiger partial charge in [0, 0.05) is 10.0 Å². The van der Waals surface area contributed by atoms with Gasteiger partial charge in [0.15, 0.2) is 0 Å². The number of benzene rings is 2. The van der Waals surface area contributed by atoms with Crippen molar-refractivity contribution in [2.75, 3.05) is 5.75 Å². The molecule has 23 heavy (non-hydrogen) atoms. The van der Waals surface area contributed by atoms with Crippen LogP contribution in [0.4, 0.5) is 0 Å². The van der Waals surface area contributed by atoms with Gasteiger partial charge in [-0.1, -0.05) is 35.3 Å². The molecule has 3 aromatic rings. The van der Waals surface area contributed by atoms with Crippen molar-refractivity contribution in [2.24, 2.45) is 0 Å². The van der Waals surface area contributed by atoms with Gasteiger partial charge in [-0.05, 0) is 42.3 Å². The summed E-state index contributed by atoms with van der Waals surface area (Å²) >= 11 is 11.7. The minimum absolute atomic E-state index is 0.200. The zero-order chi connectivity index (χ0) is 16.6. The average molecular weight is 371 g/mol. The van der Waals surface area contributed by atoms with E-state index >= 15 is 0 Å². The average Bonchev–Trinajstić information content (AvgIpc) is 2.82. The molecule has 0 radical (unpaired) electrons. The Bertz CT molecular complexity index is 1020. The fourth-order valence-electron chi connectivity index (χ4n) is 2.32. The highest BCUT2D eigenvalue weighted by atomic mass is 35.5. The molecule has 2 aromatic carbocycles. The molecule has 1 heterocycles. The Kier molecular flexibility index (Phi) is 4.23. The number of H-pyrrole nitrogens is 1. The van der Waals surface area contributed by atoms with Gasteiger partial charge in [-0.25, -0.2) is 13.2 Å². The minimum atomic E-state index is -3.82. The fourth-order valence-corrected chi connectivity index (χ4v) is 4.04. The van der Waals surface area contributed by atoms with Gasteiger partial charge < -0.3 is 4.98 Å². The monoisotopic (exact) mass is 370 g/mol. The van der Waals surface area contributed by atoms with E-state index in [2.05, 4.69) is 4.98 Å². The lowest BCUT2D eigenvalue weighted by molar-refractivity contribution is 0.586. The molecule has 0 bridgehead atoms. The number of aromatic amines is 1. The molecule has 0 aliphatic rings. The summed E-state index contributed by atoms with van der Waals surface area (Å²) in [6, 6.07) is 11.5. The maximum absolute atomic E-state index is 12.6. The number of hydrogen-bond donors (Lipinski definition) is 1. The molecule has 5 nitrogen and oxygen atoms in total. The van der Waals surface area contributed by atoms with Crippen LogP contribution in [0, 0.1) is 0 Å². The number of nitrogens with one attached hydrogen (secondary N) is 1. The summed E-state index contributed by atoms with van der Waals surface area (Å²) < 4.78 is 25.9. The van der Waals surface area contributed by atoms with E-state index in [9.17, 15) is 13.2 Å². The zero-order valence-corrected chi connectivity index (χ0v) is 14.1. The Labute approximate surface area is 142 Å². The van der Waals surface area contributed by atoms with Crippen LogP contribution in [0.15, 0.2) is 47.3 Å². The van der Waals surface area contributed by atoms with Crippen molar-refractivity contribution in [3.05, 3.63) is 68.6 Å². The van der Waals surface area contributed by atoms with E-state index in [1.807, 2.05) is 0 Å². The van der Waals surface area contributed by atoms with Crippen LogP contribution in [0.5, 0.6) is 0 Å². The molecule has 0 atom stereocenters. The number of nitrogens with zero attached hydrogens (tertiary/aromatic N) is 1. The van der Waals surface area contributed by atoms with Crippen molar-refractivity contribution in [1.82, 2.24) is 8.96 Å². The number of aromatic nitrogens is 2. The smallest absolute Gasteiger partial charge is 0.305 e. The van der Waals surface area contributed by atoms with Crippen LogP contribution in [0.1, 0.15) is 5.56 Å². The van der Waals surface area contributed by atoms with E-state index in [1.54, 1.807) is 36.4 Å². The molecule has 0 amide bonds. The summed E-state index contributed by atoms with van der Waals surface area (Å²) in [7, 11) is -3.82. The molecule has 0 saturated heterocycles. The second-order valence-electron chi connectivity index (χ2n) is 5.05. The lowest BCUT2D eigenvalue weighted by atomic mass is 10.2. The van der Waals surface area contributed by atoms with E-state index < -0.39 is 15.7 Å². The highest BCUT2D eigenvalue weighted by Gasteiger charge is 2.20. The van der Waals surface area contributed by atoms with Gasteiger partial charge in [-0.2, -0.15) is 3.97 Å². The van der Waals surface area contributed by atoms with Crippen molar-refractivity contribution in [2.45, 2.75) is 6.42 Å². The number of imidazole rings is 1. The van der Waals surface area contributed by atoms with Gasteiger partial charge in [-0.15, -0.1) is 0 Å². The number of fused-ring (bicyclic) bond motifs is 1. The van der Waals surface area contributed by atoms with Crippen molar-refractivity contribution < 1.29 is 8.42 Å². The summed E-state index contributed by atoms with van der Waals surface area (Å²) in [5.74, 6) is -0.200. The highest BCUT2D eigenvalue weighted by molar-refractivity contribution is 7.90. The molecule has 0 aliphatic heterocycles. The van der Waals surface area contributed by atoms with Crippen LogP contribution >= 0.6 is 23.2 Å². The topological polar surface area (TPSA) is 71.9 Å². The Hall–Kier alpha value is -1.76. The Balaban J connectivity index is 1.96. The third-order valence-electron chi connectivity index (χ3n) is 3.44. The Morgan fingerprint density at radius 3 is 2.35 bits per heavy atom. The number of hydrogen-bond acceptors (Lipinski definition) is 3. The number of rotatable bonds is 4. The first-order chi connectivity index (χ1) is 10.9. The first kappa shape index (κ1) is 16.1. The lowest BCUT2D eigenvalue weighted by Gasteiger charge is -2.06. The van der Waals surface area contributed by atoms with Crippen LogP contribution < -0.4 is 5.69 Å². The number of halogens is 2. The third kappa shape index (κ3) is 3.29. The first-order valence-electron chi connectivity index (χ1n) is 6.75. The molecule has 0 unspecified atom stereocenters. The van der Waals surface area contributed by atoms with Crippen LogP contribution in [-0.2, 0) is 16.4 Å². The van der Waals surface area contributed by atoms with Gasteiger partial charge in [0.2, 0.25) is 10.0 Å². The summed E-state index contributed by atoms with van der Waals surface area (Å²) in [5, 5.41) is 0.942. The summed E-state index contributed by atoms with van der Waals surface area (Å²) in [4.78, 5) is 14.5. The molecule has 0 saturated carbocycles. The summed E-state index contributed by atoms with van der Waals surface area (Å²) in [6.45, 7) is 0. The standard InChI is InChI=1S/C15H12Cl2N2O3S/c16-11-3-1-10(2-4-11)7-8-23(21,22)19-14-9-12(17)5-6-13(14)18-15(19)20/h1-6,9H,7-8H2,(H,18,20). The predicted octanol–water partition coefficient (Wildman–Crippen LogP) is 3.06. The highest BCUT2D eigenvalue weighted by Crippen LogP contribution is 2.18. The van der Waals surface area contributed by atoms with E-state index in [-0.39, 0.29) is 17.7 Å². The van der Waals surface area contributed by atoms with E-state index in [0.717, 1.165) is 9.54 Å². The molecule has 3 rings (SSSR count). The molecule has 1 aromatic heterocycles. The SMILES string of the molecule is O=c1[nH]c2ccc(Cl)cc2n1S(=O)(=O)CCc1ccc(Cl)cc1. The van der Waals surface area contributed by atoms with Gasteiger partial charge in [0.1, 0.15) is 0 Å². The number of aryl methyl sites for hydroxylation is 1. The molecule has 1 N–H and O–H groups in total. The molecule has 0 spiro atoms. The second-order valence-corrected chi connectivity index (χ2v) is 7.86. The summed E-state index contributed by atoms with van der Waals surface area (Å²) in [6.07, 6.45) is 0.277. The Morgan fingerprint density at radius 1 is 1.00 bits per heavy atom. The van der Waals surface area contributed by atoms with Crippen LogP contribution in [0.2, 0.25) is 10.0 Å². The maximum atomic E-state index is 12.6. The van der Waals surface area contributed by atoms with E-state index in [0.29, 0.717) is 15.6 Å². The van der Waals surface area contributed by atoms with Crippen LogP contribution in [0.25, 0.3) is 11.0 Å². The predicted molar refractivity (Wildman–Crippen MR) is 91.9 cm³/mol. The van der Waals surface area contributed by atoms with Crippen molar-refractivity contribution >= 4 is 44.3 Å². The molecule has 0 fully saturated rings. The van der Waals surface area contributed by atoms with Crippen molar-refractivity contribution in [3.63, 3.8) is 0 Å². The van der Waals surface area contributed by atoms with Gasteiger partial charge in [0.05, 0.1) is 16.8 Å². The van der Waals surface area contributed by atoms with Crippen molar-refractivity contribution in [3.8, 4) is 0 Å². The van der Waals surface area contributed by atoms with E-state index in [4.69, 9.17) is 23.2 Å². The first-order valence-corrected chi connectivity index (χ1v) is 9.11. The normalized spacial score (nSPS) is 11.9. The van der Waals surface area contributed by atoms with Crippen LogP contribution in [0.3, 0.4) is 0 Å². The summed E-state index contributed by atoms with van der Waals surface area (Å²) in [5.41, 5.74) is 0.801. The molecular weight excluding hydrogens is 359 g/mol. The van der Waals surface area contributed by atoms with Gasteiger partial charge in [-0.3, -0.25) is 0 Å². The third-order valence-corrected chi connectivity index (χ3v) is 5.57. The van der Waals surface area contributed by atoms with Crippen molar-refractivity contribution in [1.29, 1.82) is 0 Å². The van der Waals surface area contributed by atoms with Gasteiger partial charge >= 0.3 is 5.69 Å². The molecular formula is C15H12Cl2N2O3S.